The van der Waals surface area contributed by atoms with Crippen molar-refractivity contribution in [1.29, 1.82) is 0 Å². The second-order valence-corrected chi connectivity index (χ2v) is 3.79. The Morgan fingerprint density at radius 2 is 2.38 bits per heavy atom. The minimum absolute atomic E-state index is 0.264. The van der Waals surface area contributed by atoms with E-state index < -0.39 is 0 Å². The number of nitrogens with one attached hydrogen (secondary N) is 1. The predicted octanol–water partition coefficient (Wildman–Crippen LogP) is 2.31. The van der Waals surface area contributed by atoms with Crippen LogP contribution in [0.1, 0.15) is 21.3 Å². The molecule has 2 rings (SSSR count). The highest BCUT2D eigenvalue weighted by molar-refractivity contribution is 8.02. The van der Waals surface area contributed by atoms with Crippen LogP contribution in [0, 0.1) is 0 Å². The zero-order chi connectivity index (χ0) is 9.10. The van der Waals surface area contributed by atoms with E-state index in [1.165, 1.54) is 0 Å². The Balaban J connectivity index is 2.24. The summed E-state index contributed by atoms with van der Waals surface area (Å²) in [6.45, 7) is 0. The third-order valence-electron chi connectivity index (χ3n) is 1.88. The van der Waals surface area contributed by atoms with Crippen LogP contribution in [0.25, 0.3) is 0 Å². The molecule has 0 fully saturated rings. The summed E-state index contributed by atoms with van der Waals surface area (Å²) in [6.07, 6.45) is 2.79. The smallest absolute Gasteiger partial charge is 0.150 e. The molecule has 1 aliphatic rings. The van der Waals surface area contributed by atoms with Crippen LogP contribution in [0.5, 0.6) is 0 Å². The van der Waals surface area contributed by atoms with Crippen LogP contribution >= 0.6 is 11.8 Å². The normalized spacial score (nSPS) is 19.8. The number of benzene rings is 1. The molecule has 0 aliphatic carbocycles. The summed E-state index contributed by atoms with van der Waals surface area (Å²) in [7, 11) is 0. The molecule has 1 aromatic carbocycles. The minimum Gasteiger partial charge on any atom is -0.375 e. The number of hydrogen-bond donors (Lipinski definition) is 1. The fraction of sp³-hybridized carbons (Fsp3) is 0.100. The van der Waals surface area contributed by atoms with E-state index in [2.05, 4.69) is 5.32 Å². The van der Waals surface area contributed by atoms with Crippen molar-refractivity contribution < 1.29 is 4.79 Å². The van der Waals surface area contributed by atoms with Gasteiger partial charge in [0.2, 0.25) is 0 Å². The van der Waals surface area contributed by atoms with Gasteiger partial charge in [-0.15, -0.1) is 11.8 Å². The van der Waals surface area contributed by atoms with Crippen LogP contribution in [0.15, 0.2) is 35.9 Å². The van der Waals surface area contributed by atoms with Gasteiger partial charge in [0.1, 0.15) is 11.7 Å². The summed E-state index contributed by atoms with van der Waals surface area (Å²) in [5, 5.41) is 5.47. The first-order valence-electron chi connectivity index (χ1n) is 4.02. The van der Waals surface area contributed by atoms with Crippen LogP contribution < -0.4 is 5.32 Å². The maximum Gasteiger partial charge on any atom is 0.150 e. The van der Waals surface area contributed by atoms with Gasteiger partial charge in [0, 0.05) is 11.8 Å². The summed E-state index contributed by atoms with van der Waals surface area (Å²) in [5.74, 6) is 0. The Kier molecular flexibility index (Phi) is 2.36. The topological polar surface area (TPSA) is 29.1 Å². The van der Waals surface area contributed by atoms with Crippen molar-refractivity contribution in [3.05, 3.63) is 47.0 Å². The highest BCUT2D eigenvalue weighted by atomic mass is 32.2. The molecular formula is C10H9NOS. The van der Waals surface area contributed by atoms with Gasteiger partial charge in [-0.25, -0.2) is 0 Å². The molecule has 0 aromatic heterocycles. The maximum absolute atomic E-state index is 10.5. The average molecular weight is 191 g/mol. The molecule has 1 aliphatic heterocycles. The molecule has 13 heavy (non-hydrogen) atoms. The summed E-state index contributed by atoms with van der Waals surface area (Å²) in [6, 6.07) is 7.64. The van der Waals surface area contributed by atoms with Gasteiger partial charge in [-0.1, -0.05) is 18.2 Å². The number of hydrogen-bond acceptors (Lipinski definition) is 3. The summed E-state index contributed by atoms with van der Waals surface area (Å²) in [4.78, 5) is 10.5. The molecule has 0 bridgehead atoms. The zero-order valence-corrected chi connectivity index (χ0v) is 7.75. The minimum atomic E-state index is 0.264. The average Bonchev–Trinajstić information content (AvgIpc) is 2.71. The van der Waals surface area contributed by atoms with Gasteiger partial charge in [0.15, 0.2) is 0 Å². The molecule has 0 amide bonds. The number of rotatable bonds is 2. The van der Waals surface area contributed by atoms with Crippen LogP contribution in [-0.2, 0) is 0 Å². The van der Waals surface area contributed by atoms with E-state index in [4.69, 9.17) is 0 Å². The second kappa shape index (κ2) is 3.66. The quantitative estimate of drug-likeness (QED) is 0.727. The maximum atomic E-state index is 10.5. The number of carbonyl (C=O) groups excluding carboxylic acids is 1. The molecule has 0 saturated carbocycles. The lowest BCUT2D eigenvalue weighted by molar-refractivity contribution is 0.112. The van der Waals surface area contributed by atoms with Crippen molar-refractivity contribution in [2.24, 2.45) is 0 Å². The van der Waals surface area contributed by atoms with Gasteiger partial charge in [-0.2, -0.15) is 0 Å². The van der Waals surface area contributed by atoms with E-state index in [9.17, 15) is 4.79 Å². The van der Waals surface area contributed by atoms with Crippen molar-refractivity contribution >= 4 is 18.0 Å². The summed E-state index contributed by atoms with van der Waals surface area (Å²) < 4.78 is 0. The Morgan fingerprint density at radius 3 is 3.08 bits per heavy atom. The number of carbonyl (C=O) groups is 1. The Hall–Kier alpha value is -1.22. The third kappa shape index (κ3) is 1.75. The molecule has 1 atom stereocenters. The SMILES string of the molecule is O=Cc1cccc(C2NC=CS2)c1. The largest absolute Gasteiger partial charge is 0.375 e. The van der Waals surface area contributed by atoms with Gasteiger partial charge >= 0.3 is 0 Å². The van der Waals surface area contributed by atoms with Gasteiger partial charge in [-0.05, 0) is 17.0 Å². The van der Waals surface area contributed by atoms with Gasteiger partial charge in [-0.3, -0.25) is 4.79 Å². The molecule has 2 nitrogen and oxygen atoms in total. The van der Waals surface area contributed by atoms with Crippen molar-refractivity contribution in [1.82, 2.24) is 5.32 Å². The predicted molar refractivity (Wildman–Crippen MR) is 54.4 cm³/mol. The van der Waals surface area contributed by atoms with E-state index in [1.807, 2.05) is 35.9 Å². The highest BCUT2D eigenvalue weighted by Crippen LogP contribution is 2.30. The molecule has 1 heterocycles. The fourth-order valence-electron chi connectivity index (χ4n) is 1.25. The van der Waals surface area contributed by atoms with E-state index in [0.29, 0.717) is 0 Å². The lowest BCUT2D eigenvalue weighted by atomic mass is 10.1. The molecule has 66 valence electrons. The molecular weight excluding hydrogens is 182 g/mol. The molecule has 1 unspecified atom stereocenters. The van der Waals surface area contributed by atoms with E-state index in [1.54, 1.807) is 11.8 Å². The van der Waals surface area contributed by atoms with E-state index >= 15 is 0 Å². The van der Waals surface area contributed by atoms with Crippen LogP contribution in [0.3, 0.4) is 0 Å². The zero-order valence-electron chi connectivity index (χ0n) is 6.94. The Bertz CT molecular complexity index is 341. The van der Waals surface area contributed by atoms with Crippen LogP contribution in [-0.4, -0.2) is 6.29 Å². The van der Waals surface area contributed by atoms with Gasteiger partial charge in [0.25, 0.3) is 0 Å². The molecule has 3 heteroatoms. The number of thioether (sulfide) groups is 1. The van der Waals surface area contributed by atoms with Crippen LogP contribution in [0.2, 0.25) is 0 Å². The highest BCUT2D eigenvalue weighted by Gasteiger charge is 2.12. The first-order chi connectivity index (χ1) is 6.40. The summed E-state index contributed by atoms with van der Waals surface area (Å²) in [5.41, 5.74) is 1.87. The molecule has 1 N–H and O–H groups in total. The first kappa shape index (κ1) is 8.38. The summed E-state index contributed by atoms with van der Waals surface area (Å²) >= 11 is 1.71. The molecule has 0 saturated heterocycles. The van der Waals surface area contributed by atoms with Gasteiger partial charge in [0.05, 0.1) is 0 Å². The van der Waals surface area contributed by atoms with E-state index in [-0.39, 0.29) is 5.37 Å². The van der Waals surface area contributed by atoms with Crippen molar-refractivity contribution in [2.75, 3.05) is 0 Å². The second-order valence-electron chi connectivity index (χ2n) is 2.77. The fourth-order valence-corrected chi connectivity index (χ4v) is 2.03. The number of aldehydes is 1. The van der Waals surface area contributed by atoms with Crippen molar-refractivity contribution in [2.45, 2.75) is 5.37 Å². The van der Waals surface area contributed by atoms with E-state index in [0.717, 1.165) is 17.4 Å². The lowest BCUT2D eigenvalue weighted by Crippen LogP contribution is -2.06. The van der Waals surface area contributed by atoms with Crippen LogP contribution in [0.4, 0.5) is 0 Å². The molecule has 0 radical (unpaired) electrons. The standard InChI is InChI=1S/C10H9NOS/c12-7-8-2-1-3-9(6-8)10-11-4-5-13-10/h1-7,10-11H. The van der Waals surface area contributed by atoms with Crippen molar-refractivity contribution in [3.8, 4) is 0 Å². The Morgan fingerprint density at radius 1 is 1.46 bits per heavy atom. The monoisotopic (exact) mass is 191 g/mol. The Labute approximate surface area is 81.0 Å². The van der Waals surface area contributed by atoms with Crippen molar-refractivity contribution in [3.63, 3.8) is 0 Å². The lowest BCUT2D eigenvalue weighted by Gasteiger charge is -2.10. The molecule has 1 aromatic rings. The van der Waals surface area contributed by atoms with Gasteiger partial charge < -0.3 is 5.32 Å². The third-order valence-corrected chi connectivity index (χ3v) is 2.85. The first-order valence-corrected chi connectivity index (χ1v) is 4.96. The molecule has 0 spiro atoms.